The van der Waals surface area contributed by atoms with E-state index in [2.05, 4.69) is 71.6 Å². The Morgan fingerprint density at radius 2 is 1.95 bits per heavy atom. The fourth-order valence-electron chi connectivity index (χ4n) is 6.70. The van der Waals surface area contributed by atoms with E-state index in [0.29, 0.717) is 18.7 Å². The maximum absolute atomic E-state index is 10.3. The Morgan fingerprint density at radius 3 is 2.73 bits per heavy atom. The van der Waals surface area contributed by atoms with Crippen LogP contribution < -0.4 is 14.5 Å². The zero-order valence-corrected chi connectivity index (χ0v) is 24.1. The Bertz CT molecular complexity index is 1370. The van der Waals surface area contributed by atoms with Gasteiger partial charge in [0.25, 0.3) is 0 Å². The first-order chi connectivity index (χ1) is 19.4. The average molecular weight is 543 g/mol. The fourth-order valence-corrected chi connectivity index (χ4v) is 6.70. The van der Waals surface area contributed by atoms with Crippen LogP contribution in [0.1, 0.15) is 36.1 Å². The topological polar surface area (TPSA) is 68.2 Å². The Morgan fingerprint density at radius 1 is 1.12 bits per heavy atom. The van der Waals surface area contributed by atoms with Crippen LogP contribution in [-0.4, -0.2) is 90.1 Å². The van der Waals surface area contributed by atoms with Crippen molar-refractivity contribution in [3.8, 4) is 6.01 Å². The third kappa shape index (κ3) is 5.16. The number of hydrogen-bond acceptors (Lipinski definition) is 8. The smallest absolute Gasteiger partial charge is 0.318 e. The summed E-state index contributed by atoms with van der Waals surface area (Å²) < 4.78 is 6.31. The summed E-state index contributed by atoms with van der Waals surface area (Å²) in [5.74, 6) is 0.998. The largest absolute Gasteiger partial charge is 0.462 e. The number of aliphatic hydroxyl groups excluding tert-OH is 1. The molecule has 3 aliphatic rings. The summed E-state index contributed by atoms with van der Waals surface area (Å²) in [7, 11) is 4.13. The first kappa shape index (κ1) is 27.0. The van der Waals surface area contributed by atoms with E-state index in [-0.39, 0.29) is 6.04 Å². The molecule has 0 bridgehead atoms. The highest BCUT2D eigenvalue weighted by Gasteiger charge is 2.33. The van der Waals surface area contributed by atoms with Gasteiger partial charge in [0, 0.05) is 48.4 Å². The van der Waals surface area contributed by atoms with E-state index in [1.54, 1.807) is 6.08 Å². The summed E-state index contributed by atoms with van der Waals surface area (Å²) in [5, 5.41) is 12.9. The summed E-state index contributed by atoms with van der Waals surface area (Å²) in [4.78, 5) is 19.2. The molecule has 0 saturated carbocycles. The highest BCUT2D eigenvalue weighted by Crippen LogP contribution is 2.36. The zero-order valence-electron chi connectivity index (χ0n) is 24.1. The van der Waals surface area contributed by atoms with Crippen LogP contribution >= 0.6 is 0 Å². The van der Waals surface area contributed by atoms with E-state index >= 15 is 0 Å². The molecule has 0 spiro atoms. The molecule has 4 heterocycles. The molecule has 1 aromatic heterocycles. The van der Waals surface area contributed by atoms with E-state index in [1.807, 2.05) is 11.9 Å². The number of aromatic nitrogens is 2. The van der Waals surface area contributed by atoms with Gasteiger partial charge in [-0.15, -0.1) is 0 Å². The van der Waals surface area contributed by atoms with Gasteiger partial charge >= 0.3 is 6.01 Å². The summed E-state index contributed by atoms with van der Waals surface area (Å²) in [5.41, 5.74) is 4.84. The van der Waals surface area contributed by atoms with E-state index in [9.17, 15) is 5.11 Å². The number of rotatable bonds is 8. The lowest BCUT2D eigenvalue weighted by molar-refractivity contribution is 0.0369. The van der Waals surface area contributed by atoms with Crippen molar-refractivity contribution in [2.45, 2.75) is 57.5 Å². The number of nitrogens with zero attached hydrogens (tertiary/aromatic N) is 6. The van der Waals surface area contributed by atoms with E-state index in [4.69, 9.17) is 14.7 Å². The number of benzene rings is 2. The van der Waals surface area contributed by atoms with E-state index in [0.717, 1.165) is 63.5 Å². The van der Waals surface area contributed by atoms with Gasteiger partial charge in [0.15, 0.2) is 0 Å². The van der Waals surface area contributed by atoms with Gasteiger partial charge in [-0.1, -0.05) is 36.9 Å². The SMILES string of the molecule is C=CC(O)N(C)C1CCN(c2nc(OC[C@@H]3CCCN3C)nc3c2CCN(c2cccc4cccc(C)c24)C3)C1. The minimum Gasteiger partial charge on any atom is -0.462 e. The van der Waals surface area contributed by atoms with Gasteiger partial charge < -0.3 is 24.5 Å². The van der Waals surface area contributed by atoms with Crippen molar-refractivity contribution in [1.29, 1.82) is 0 Å². The Kier molecular flexibility index (Phi) is 7.66. The number of anilines is 2. The third-order valence-corrected chi connectivity index (χ3v) is 9.20. The number of hydrogen-bond donors (Lipinski definition) is 1. The number of aliphatic hydroxyl groups is 1. The molecule has 3 aliphatic heterocycles. The van der Waals surface area contributed by atoms with Crippen LogP contribution in [-0.2, 0) is 13.0 Å². The quantitative estimate of drug-likeness (QED) is 0.339. The summed E-state index contributed by atoms with van der Waals surface area (Å²) in [6.07, 6.45) is 5.14. The number of aryl methyl sites for hydroxylation is 1. The van der Waals surface area contributed by atoms with Gasteiger partial charge in [-0.2, -0.15) is 9.97 Å². The van der Waals surface area contributed by atoms with Crippen LogP contribution in [0, 0.1) is 6.92 Å². The molecule has 3 atom stereocenters. The fraction of sp³-hybridized carbons (Fsp3) is 0.500. The molecule has 2 saturated heterocycles. The van der Waals surface area contributed by atoms with E-state index in [1.165, 1.54) is 34.0 Å². The van der Waals surface area contributed by atoms with Crippen molar-refractivity contribution in [3.63, 3.8) is 0 Å². The highest BCUT2D eigenvalue weighted by molar-refractivity contribution is 5.97. The minimum absolute atomic E-state index is 0.230. The van der Waals surface area contributed by atoms with Gasteiger partial charge in [0.1, 0.15) is 18.7 Å². The van der Waals surface area contributed by atoms with Crippen LogP contribution in [0.2, 0.25) is 0 Å². The molecule has 212 valence electrons. The molecule has 0 radical (unpaired) electrons. The Balaban J connectivity index is 1.31. The number of likely N-dealkylation sites (N-methyl/N-ethyl adjacent to an activating group) is 2. The lowest BCUT2D eigenvalue weighted by Crippen LogP contribution is -2.41. The monoisotopic (exact) mass is 542 g/mol. The van der Waals surface area contributed by atoms with Crippen LogP contribution in [0.5, 0.6) is 6.01 Å². The molecule has 40 heavy (non-hydrogen) atoms. The van der Waals surface area contributed by atoms with Crippen LogP contribution in [0.4, 0.5) is 11.5 Å². The predicted molar refractivity (Wildman–Crippen MR) is 161 cm³/mol. The Labute approximate surface area is 237 Å². The molecule has 6 rings (SSSR count). The van der Waals surface area contributed by atoms with Gasteiger partial charge in [-0.05, 0) is 76.3 Å². The predicted octanol–water partition coefficient (Wildman–Crippen LogP) is 3.99. The minimum atomic E-state index is -0.649. The maximum Gasteiger partial charge on any atom is 0.318 e. The summed E-state index contributed by atoms with van der Waals surface area (Å²) in [6, 6.07) is 14.2. The number of fused-ring (bicyclic) bond motifs is 2. The molecule has 8 nitrogen and oxygen atoms in total. The lowest BCUT2D eigenvalue weighted by atomic mass is 10.00. The second kappa shape index (κ2) is 11.4. The molecule has 8 heteroatoms. The summed E-state index contributed by atoms with van der Waals surface area (Å²) >= 11 is 0. The van der Waals surface area contributed by atoms with Crippen molar-refractivity contribution >= 4 is 22.3 Å². The average Bonchev–Trinajstić information content (AvgIpc) is 3.63. The van der Waals surface area contributed by atoms with Crippen molar-refractivity contribution in [1.82, 2.24) is 19.8 Å². The molecule has 0 amide bonds. The molecule has 2 unspecified atom stereocenters. The summed E-state index contributed by atoms with van der Waals surface area (Å²) in [6.45, 7) is 11.0. The number of likely N-dealkylation sites (tertiary alicyclic amines) is 1. The third-order valence-electron chi connectivity index (χ3n) is 9.20. The lowest BCUT2D eigenvalue weighted by Gasteiger charge is -2.34. The molecule has 3 aromatic rings. The molecular formula is C32H42N6O2. The van der Waals surface area contributed by atoms with Crippen LogP contribution in [0.3, 0.4) is 0 Å². The van der Waals surface area contributed by atoms with Crippen molar-refractivity contribution in [2.75, 3.05) is 56.7 Å². The standard InChI is InChI=1S/C32H42N6O2/c1-5-29(39)36(4)24-14-17-38(19-24)31-26-15-18-37(28-13-7-11-23-10-6-9-22(2)30(23)28)20-27(26)33-32(34-31)40-21-25-12-8-16-35(25)3/h5-7,9-11,13,24-25,29,39H,1,8,12,14-21H2,2-4H3/t24?,25-,29?/m0/s1. The second-order valence-corrected chi connectivity index (χ2v) is 11.7. The van der Waals surface area contributed by atoms with Crippen molar-refractivity contribution in [2.24, 2.45) is 0 Å². The molecular weight excluding hydrogens is 500 g/mol. The van der Waals surface area contributed by atoms with E-state index < -0.39 is 6.23 Å². The first-order valence-electron chi connectivity index (χ1n) is 14.7. The van der Waals surface area contributed by atoms with Crippen molar-refractivity contribution in [3.05, 3.63) is 65.9 Å². The zero-order chi connectivity index (χ0) is 27.8. The molecule has 2 aromatic carbocycles. The van der Waals surface area contributed by atoms with Crippen molar-refractivity contribution < 1.29 is 9.84 Å². The highest BCUT2D eigenvalue weighted by atomic mass is 16.5. The number of ether oxygens (including phenoxy) is 1. The van der Waals surface area contributed by atoms with Crippen LogP contribution in [0.25, 0.3) is 10.8 Å². The molecule has 0 aliphatic carbocycles. The van der Waals surface area contributed by atoms with Gasteiger partial charge in [-0.25, -0.2) is 0 Å². The van der Waals surface area contributed by atoms with Crippen LogP contribution in [0.15, 0.2) is 49.1 Å². The first-order valence-corrected chi connectivity index (χ1v) is 14.7. The van der Waals surface area contributed by atoms with Gasteiger partial charge in [0.2, 0.25) is 0 Å². The van der Waals surface area contributed by atoms with Gasteiger partial charge in [-0.3, -0.25) is 4.90 Å². The maximum atomic E-state index is 10.3. The Hall–Kier alpha value is -3.20. The molecule has 2 fully saturated rings. The normalized spacial score (nSPS) is 22.2. The molecule has 1 N–H and O–H groups in total. The van der Waals surface area contributed by atoms with Gasteiger partial charge in [0.05, 0.1) is 12.2 Å². The second-order valence-electron chi connectivity index (χ2n) is 11.7.